The van der Waals surface area contributed by atoms with Gasteiger partial charge in [-0.15, -0.1) is 0 Å². The second-order valence-corrected chi connectivity index (χ2v) is 5.55. The monoisotopic (exact) mass is 327 g/mol. The molecule has 1 aromatic carbocycles. The van der Waals surface area contributed by atoms with Crippen LogP contribution in [0.5, 0.6) is 5.75 Å². The molecule has 7 nitrogen and oxygen atoms in total. The molecule has 1 aromatic heterocycles. The van der Waals surface area contributed by atoms with Crippen LogP contribution >= 0.6 is 0 Å². The zero-order valence-electron chi connectivity index (χ0n) is 13.1. The van der Waals surface area contributed by atoms with Crippen LogP contribution in [0.25, 0.3) is 0 Å². The maximum atomic E-state index is 12.1. The third-order valence-corrected chi connectivity index (χ3v) is 3.73. The summed E-state index contributed by atoms with van der Waals surface area (Å²) in [6.07, 6.45) is 1.57. The number of hydrogen-bond acceptors (Lipinski definition) is 4. The normalized spacial score (nSPS) is 14.1. The van der Waals surface area contributed by atoms with E-state index >= 15 is 0 Å². The van der Waals surface area contributed by atoms with Crippen LogP contribution < -0.4 is 20.9 Å². The van der Waals surface area contributed by atoms with E-state index in [0.717, 1.165) is 5.56 Å². The molecule has 0 spiro atoms. The molecule has 7 heteroatoms. The van der Waals surface area contributed by atoms with E-state index < -0.39 is 0 Å². The lowest BCUT2D eigenvalue weighted by atomic mass is 10.1. The van der Waals surface area contributed by atoms with Gasteiger partial charge in [0.25, 0.3) is 11.5 Å². The van der Waals surface area contributed by atoms with E-state index in [1.54, 1.807) is 30.5 Å². The fourth-order valence-corrected chi connectivity index (χ4v) is 2.49. The zero-order valence-corrected chi connectivity index (χ0v) is 13.1. The van der Waals surface area contributed by atoms with E-state index in [2.05, 4.69) is 10.6 Å². The number of nitrogens with zero attached hydrogens (tertiary/aromatic N) is 1. The molecule has 0 unspecified atom stereocenters. The summed E-state index contributed by atoms with van der Waals surface area (Å²) in [5.74, 6) is 0.126. The number of ether oxygens (including phenoxy) is 1. The number of aromatic nitrogens is 1. The Morgan fingerprint density at radius 3 is 2.96 bits per heavy atom. The Labute approximate surface area is 138 Å². The van der Waals surface area contributed by atoms with Gasteiger partial charge in [0.2, 0.25) is 5.91 Å². The highest BCUT2D eigenvalue weighted by atomic mass is 16.5. The van der Waals surface area contributed by atoms with Gasteiger partial charge in [-0.2, -0.15) is 0 Å². The van der Waals surface area contributed by atoms with Gasteiger partial charge in [0.05, 0.1) is 11.7 Å². The van der Waals surface area contributed by atoms with Gasteiger partial charge in [0.1, 0.15) is 12.3 Å². The van der Waals surface area contributed by atoms with Crippen LogP contribution in [0.2, 0.25) is 0 Å². The topological polar surface area (TPSA) is 89.4 Å². The number of carbonyl (C=O) groups excluding carboxylic acids is 2. The molecule has 2 aromatic rings. The second kappa shape index (κ2) is 6.57. The van der Waals surface area contributed by atoms with E-state index in [1.165, 1.54) is 10.6 Å². The Morgan fingerprint density at radius 2 is 2.17 bits per heavy atom. The van der Waals surface area contributed by atoms with Crippen molar-refractivity contribution in [2.75, 3.05) is 11.9 Å². The molecule has 24 heavy (non-hydrogen) atoms. The van der Waals surface area contributed by atoms with Gasteiger partial charge in [-0.1, -0.05) is 12.1 Å². The number of benzene rings is 1. The van der Waals surface area contributed by atoms with Crippen molar-refractivity contribution in [1.82, 2.24) is 9.88 Å². The molecular weight excluding hydrogens is 310 g/mol. The molecule has 0 bridgehead atoms. The number of hydrogen-bond donors (Lipinski definition) is 2. The van der Waals surface area contributed by atoms with Gasteiger partial charge in [-0.05, 0) is 30.7 Å². The summed E-state index contributed by atoms with van der Waals surface area (Å²) in [6, 6.07) is 9.81. The Kier molecular flexibility index (Phi) is 4.33. The number of nitrogens with one attached hydrogen (secondary N) is 2. The number of anilines is 1. The molecule has 2 N–H and O–H groups in total. The van der Waals surface area contributed by atoms with Gasteiger partial charge in [-0.3, -0.25) is 14.4 Å². The zero-order chi connectivity index (χ0) is 17.1. The van der Waals surface area contributed by atoms with Crippen LogP contribution in [0.15, 0.2) is 47.4 Å². The van der Waals surface area contributed by atoms with Crippen LogP contribution in [-0.4, -0.2) is 23.0 Å². The minimum atomic E-state index is -0.277. The molecule has 1 aliphatic heterocycles. The first-order valence-electron chi connectivity index (χ1n) is 7.54. The van der Waals surface area contributed by atoms with Crippen LogP contribution in [0.1, 0.15) is 18.5 Å². The molecular formula is C17H17N3O4. The lowest BCUT2D eigenvalue weighted by Crippen LogP contribution is -2.33. The number of fused-ring (bicyclic) bond motifs is 1. The van der Waals surface area contributed by atoms with Crippen molar-refractivity contribution in [3.05, 3.63) is 58.5 Å². The van der Waals surface area contributed by atoms with Gasteiger partial charge in [-0.25, -0.2) is 0 Å². The number of amides is 2. The van der Waals surface area contributed by atoms with Crippen molar-refractivity contribution in [3.8, 4) is 5.75 Å². The molecule has 2 amide bonds. The maximum absolute atomic E-state index is 12.1. The molecule has 0 saturated carbocycles. The third-order valence-electron chi connectivity index (χ3n) is 3.73. The van der Waals surface area contributed by atoms with Crippen LogP contribution in [-0.2, 0) is 16.1 Å². The van der Waals surface area contributed by atoms with Gasteiger partial charge in [0, 0.05) is 12.3 Å². The highest BCUT2D eigenvalue weighted by molar-refractivity contribution is 5.95. The lowest BCUT2D eigenvalue weighted by molar-refractivity contribution is -0.122. The lowest BCUT2D eigenvalue weighted by Gasteiger charge is -2.21. The van der Waals surface area contributed by atoms with Crippen molar-refractivity contribution >= 4 is 17.5 Å². The van der Waals surface area contributed by atoms with Crippen molar-refractivity contribution < 1.29 is 14.3 Å². The SMILES string of the molecule is C[C@@H](NC(=O)Cn1ccccc1=O)c1ccc2c(c1)NC(=O)CO2. The molecule has 3 rings (SSSR count). The van der Waals surface area contributed by atoms with Crippen molar-refractivity contribution in [2.24, 2.45) is 0 Å². The Hall–Kier alpha value is -3.09. The largest absolute Gasteiger partial charge is 0.482 e. The molecule has 124 valence electrons. The molecule has 1 aliphatic rings. The van der Waals surface area contributed by atoms with E-state index in [4.69, 9.17) is 4.74 Å². The minimum Gasteiger partial charge on any atom is -0.482 e. The van der Waals surface area contributed by atoms with Crippen LogP contribution in [0.3, 0.4) is 0 Å². The van der Waals surface area contributed by atoms with E-state index in [-0.39, 0.29) is 36.6 Å². The molecule has 0 radical (unpaired) electrons. The summed E-state index contributed by atoms with van der Waals surface area (Å²) in [5.41, 5.74) is 1.19. The molecule has 1 atom stereocenters. The molecule has 2 heterocycles. The Bertz CT molecular complexity index is 844. The van der Waals surface area contributed by atoms with Gasteiger partial charge >= 0.3 is 0 Å². The Balaban J connectivity index is 1.68. The maximum Gasteiger partial charge on any atom is 0.262 e. The van der Waals surface area contributed by atoms with E-state index in [0.29, 0.717) is 11.4 Å². The summed E-state index contributed by atoms with van der Waals surface area (Å²) in [6.45, 7) is 1.79. The number of pyridine rings is 1. The average Bonchev–Trinajstić information content (AvgIpc) is 2.56. The number of rotatable bonds is 4. The predicted molar refractivity (Wildman–Crippen MR) is 87.8 cm³/mol. The average molecular weight is 327 g/mol. The summed E-state index contributed by atoms with van der Waals surface area (Å²) in [5, 5.41) is 5.57. The number of carbonyl (C=O) groups is 2. The van der Waals surface area contributed by atoms with Crippen molar-refractivity contribution in [1.29, 1.82) is 0 Å². The second-order valence-electron chi connectivity index (χ2n) is 5.55. The van der Waals surface area contributed by atoms with E-state index in [9.17, 15) is 14.4 Å². The van der Waals surface area contributed by atoms with Gasteiger partial charge < -0.3 is 19.9 Å². The molecule has 0 fully saturated rings. The molecule has 0 saturated heterocycles. The first-order chi connectivity index (χ1) is 11.5. The van der Waals surface area contributed by atoms with Crippen LogP contribution in [0, 0.1) is 0 Å². The smallest absolute Gasteiger partial charge is 0.262 e. The highest BCUT2D eigenvalue weighted by Crippen LogP contribution is 2.30. The highest BCUT2D eigenvalue weighted by Gasteiger charge is 2.18. The fourth-order valence-electron chi connectivity index (χ4n) is 2.49. The first-order valence-corrected chi connectivity index (χ1v) is 7.54. The quantitative estimate of drug-likeness (QED) is 0.878. The van der Waals surface area contributed by atoms with Gasteiger partial charge in [0.15, 0.2) is 6.61 Å². The standard InChI is InChI=1S/C17H17N3O4/c1-11(18-15(21)9-20-7-3-2-4-17(20)23)12-5-6-14-13(8-12)19-16(22)10-24-14/h2-8,11H,9-10H2,1H3,(H,18,21)(H,19,22)/t11-/m1/s1. The van der Waals surface area contributed by atoms with E-state index in [1.807, 2.05) is 13.0 Å². The Morgan fingerprint density at radius 1 is 1.33 bits per heavy atom. The fraction of sp³-hybridized carbons (Fsp3) is 0.235. The summed E-state index contributed by atoms with van der Waals surface area (Å²) < 4.78 is 6.64. The summed E-state index contributed by atoms with van der Waals surface area (Å²) >= 11 is 0. The van der Waals surface area contributed by atoms with Crippen LogP contribution in [0.4, 0.5) is 5.69 Å². The molecule has 0 aliphatic carbocycles. The minimum absolute atomic E-state index is 0.00443. The summed E-state index contributed by atoms with van der Waals surface area (Å²) in [4.78, 5) is 35.1. The van der Waals surface area contributed by atoms with Crippen molar-refractivity contribution in [2.45, 2.75) is 19.5 Å². The van der Waals surface area contributed by atoms with Crippen molar-refractivity contribution in [3.63, 3.8) is 0 Å². The first kappa shape index (κ1) is 15.8. The third kappa shape index (κ3) is 3.45. The summed E-state index contributed by atoms with van der Waals surface area (Å²) in [7, 11) is 0. The predicted octanol–water partition coefficient (Wildman–Crippen LogP) is 1.06.